The van der Waals surface area contributed by atoms with Gasteiger partial charge in [0.1, 0.15) is 0 Å². The van der Waals surface area contributed by atoms with Crippen LogP contribution in [0, 0.1) is 0 Å². The second kappa shape index (κ2) is 10.2. The predicted molar refractivity (Wildman–Crippen MR) is 211 cm³/mol. The van der Waals surface area contributed by atoms with Crippen molar-refractivity contribution in [2.24, 2.45) is 0 Å². The number of hydrogen-bond donors (Lipinski definition) is 0. The second-order valence-electron chi connectivity index (χ2n) is 12.9. The van der Waals surface area contributed by atoms with Crippen LogP contribution >= 0.6 is 11.3 Å². The first-order chi connectivity index (χ1) is 24.3. The van der Waals surface area contributed by atoms with Gasteiger partial charge in [0.15, 0.2) is 0 Å². The smallest absolute Gasteiger partial charge is 0.0789 e. The summed E-state index contributed by atoms with van der Waals surface area (Å²) in [6.45, 7) is 0. The number of nitrogens with zero attached hydrogens (tertiary/aromatic N) is 2. The van der Waals surface area contributed by atoms with Gasteiger partial charge in [0.05, 0.1) is 22.1 Å². The maximum absolute atomic E-state index is 2.50. The maximum atomic E-state index is 2.50. The third-order valence-electron chi connectivity index (χ3n) is 10.3. The molecule has 8 aromatic carbocycles. The Bertz CT molecular complexity index is 3090. The number of para-hydroxylation sites is 2. The minimum atomic E-state index is 1.15. The molecule has 0 saturated carbocycles. The fourth-order valence-electron chi connectivity index (χ4n) is 8.14. The molecule has 0 fully saturated rings. The van der Waals surface area contributed by atoms with Crippen molar-refractivity contribution in [3.05, 3.63) is 170 Å². The van der Waals surface area contributed by atoms with Crippen molar-refractivity contribution in [2.75, 3.05) is 0 Å². The van der Waals surface area contributed by atoms with E-state index in [0.29, 0.717) is 0 Å². The zero-order valence-electron chi connectivity index (χ0n) is 26.5. The molecule has 0 spiro atoms. The Morgan fingerprint density at radius 2 is 0.980 bits per heavy atom. The van der Waals surface area contributed by atoms with Crippen molar-refractivity contribution >= 4 is 85.9 Å². The van der Waals surface area contributed by atoms with E-state index >= 15 is 0 Å². The highest BCUT2D eigenvalue weighted by molar-refractivity contribution is 7.25. The second-order valence-corrected chi connectivity index (χ2v) is 14.0. The summed E-state index contributed by atoms with van der Waals surface area (Å²) >= 11 is 1.87. The van der Waals surface area contributed by atoms with Gasteiger partial charge in [0, 0.05) is 53.1 Å². The summed E-state index contributed by atoms with van der Waals surface area (Å²) in [6, 6.07) is 62.4. The summed E-state index contributed by atoms with van der Waals surface area (Å²) in [6.07, 6.45) is 0. The molecule has 228 valence electrons. The molecular weight excluding hydrogens is 613 g/mol. The number of fused-ring (bicyclic) bond motifs is 12. The zero-order valence-corrected chi connectivity index (χ0v) is 27.3. The molecule has 11 rings (SSSR count). The van der Waals surface area contributed by atoms with Crippen molar-refractivity contribution in [3.63, 3.8) is 0 Å². The van der Waals surface area contributed by atoms with Crippen molar-refractivity contribution in [2.45, 2.75) is 0 Å². The number of hydrogen-bond acceptors (Lipinski definition) is 1. The largest absolute Gasteiger partial charge is 0.307 e. The van der Waals surface area contributed by atoms with Gasteiger partial charge in [-0.15, -0.1) is 11.3 Å². The molecule has 11 aromatic rings. The van der Waals surface area contributed by atoms with Gasteiger partial charge in [-0.05, 0) is 76.5 Å². The van der Waals surface area contributed by atoms with Crippen LogP contribution in [0.15, 0.2) is 170 Å². The Hall–Kier alpha value is -6.16. The van der Waals surface area contributed by atoms with E-state index in [1.54, 1.807) is 0 Å². The van der Waals surface area contributed by atoms with E-state index < -0.39 is 0 Å². The van der Waals surface area contributed by atoms with Gasteiger partial charge in [-0.25, -0.2) is 0 Å². The van der Waals surface area contributed by atoms with Crippen molar-refractivity contribution in [3.8, 4) is 22.5 Å². The lowest BCUT2D eigenvalue weighted by atomic mass is 10.0. The molecule has 49 heavy (non-hydrogen) atoms. The number of rotatable bonds is 3. The topological polar surface area (TPSA) is 9.86 Å². The summed E-state index contributed by atoms with van der Waals surface area (Å²) in [5.74, 6) is 0. The fraction of sp³-hybridized carbons (Fsp3) is 0. The molecule has 0 unspecified atom stereocenters. The molecule has 3 aromatic heterocycles. The van der Waals surface area contributed by atoms with Crippen molar-refractivity contribution in [1.29, 1.82) is 0 Å². The molecule has 0 saturated heterocycles. The van der Waals surface area contributed by atoms with Gasteiger partial charge in [-0.2, -0.15) is 0 Å². The van der Waals surface area contributed by atoms with Crippen LogP contribution in [0.3, 0.4) is 0 Å². The van der Waals surface area contributed by atoms with E-state index in [1.165, 1.54) is 85.7 Å². The minimum Gasteiger partial charge on any atom is -0.307 e. The highest BCUT2D eigenvalue weighted by Gasteiger charge is 2.22. The average Bonchev–Trinajstić information content (AvgIpc) is 3.83. The lowest BCUT2D eigenvalue weighted by Gasteiger charge is -2.13. The first kappa shape index (κ1) is 26.9. The van der Waals surface area contributed by atoms with E-state index in [-0.39, 0.29) is 0 Å². The van der Waals surface area contributed by atoms with E-state index in [2.05, 4.69) is 179 Å². The van der Waals surface area contributed by atoms with Crippen LogP contribution in [0.25, 0.3) is 97.1 Å². The lowest BCUT2D eigenvalue weighted by molar-refractivity contribution is 1.15. The van der Waals surface area contributed by atoms with E-state index in [4.69, 9.17) is 0 Å². The quantitative estimate of drug-likeness (QED) is 0.182. The predicted octanol–water partition coefficient (Wildman–Crippen LogP) is 13.1. The standard InChI is InChI=1S/C46H28N2S/c1-2-11-32(12-3-1)47-40-16-8-6-14-35(40)37-24-25-38-44-34-13-5-4-10-30(34)20-26-41(44)48(46(38)45(37)47)33-22-18-29(19-23-33)31-21-27-43-39(28-31)36-15-7-9-17-42(36)49-43/h1-28H. The molecule has 0 radical (unpaired) electrons. The molecule has 3 heteroatoms. The van der Waals surface area contributed by atoms with E-state index in [1.807, 2.05) is 11.3 Å². The number of aromatic nitrogens is 2. The first-order valence-electron chi connectivity index (χ1n) is 16.8. The molecule has 0 amide bonds. The lowest BCUT2D eigenvalue weighted by Crippen LogP contribution is -1.98. The Kier molecular flexibility index (Phi) is 5.57. The Morgan fingerprint density at radius 3 is 1.86 bits per heavy atom. The average molecular weight is 641 g/mol. The van der Waals surface area contributed by atoms with Gasteiger partial charge in [0.2, 0.25) is 0 Å². The summed E-state index contributed by atoms with van der Waals surface area (Å²) in [4.78, 5) is 0. The first-order valence-corrected chi connectivity index (χ1v) is 17.6. The van der Waals surface area contributed by atoms with E-state index in [9.17, 15) is 0 Å². The normalized spacial score (nSPS) is 12.1. The fourth-order valence-corrected chi connectivity index (χ4v) is 9.23. The summed E-state index contributed by atoms with van der Waals surface area (Å²) in [5.41, 5.74) is 9.65. The van der Waals surface area contributed by atoms with Crippen LogP contribution in [0.5, 0.6) is 0 Å². The third-order valence-corrected chi connectivity index (χ3v) is 11.5. The molecule has 0 aliphatic rings. The van der Waals surface area contributed by atoms with Crippen LogP contribution in [0.2, 0.25) is 0 Å². The molecule has 0 N–H and O–H groups in total. The van der Waals surface area contributed by atoms with Crippen LogP contribution < -0.4 is 0 Å². The van der Waals surface area contributed by atoms with Gasteiger partial charge in [0.25, 0.3) is 0 Å². The summed E-state index contributed by atoms with van der Waals surface area (Å²) < 4.78 is 7.62. The Balaban J connectivity index is 1.22. The van der Waals surface area contributed by atoms with Crippen molar-refractivity contribution < 1.29 is 0 Å². The molecule has 3 heterocycles. The summed E-state index contributed by atoms with van der Waals surface area (Å²) in [7, 11) is 0. The highest BCUT2D eigenvalue weighted by Crippen LogP contribution is 2.44. The molecular formula is C46H28N2S. The van der Waals surface area contributed by atoms with Crippen LogP contribution in [0.4, 0.5) is 0 Å². The molecule has 0 aliphatic carbocycles. The highest BCUT2D eigenvalue weighted by atomic mass is 32.1. The van der Waals surface area contributed by atoms with Gasteiger partial charge in [-0.3, -0.25) is 0 Å². The molecule has 0 aliphatic heterocycles. The van der Waals surface area contributed by atoms with Gasteiger partial charge < -0.3 is 9.13 Å². The molecule has 2 nitrogen and oxygen atoms in total. The number of thiophene rings is 1. The SMILES string of the molecule is c1ccc(-n2c3ccccc3c3ccc4c5c6ccccc6ccc5n(-c5ccc(-c6ccc7sc8ccccc8c7c6)cc5)c4c32)cc1. The van der Waals surface area contributed by atoms with E-state index in [0.717, 1.165) is 11.4 Å². The maximum Gasteiger partial charge on any atom is 0.0789 e. The number of benzene rings is 8. The Labute approximate surface area is 286 Å². The van der Waals surface area contributed by atoms with Crippen LogP contribution in [-0.4, -0.2) is 9.13 Å². The van der Waals surface area contributed by atoms with Crippen LogP contribution in [0.1, 0.15) is 0 Å². The zero-order chi connectivity index (χ0) is 32.1. The van der Waals surface area contributed by atoms with Crippen molar-refractivity contribution in [1.82, 2.24) is 9.13 Å². The van der Waals surface area contributed by atoms with Crippen LogP contribution in [-0.2, 0) is 0 Å². The van der Waals surface area contributed by atoms with Gasteiger partial charge in [-0.1, -0.05) is 115 Å². The monoisotopic (exact) mass is 640 g/mol. The molecule has 0 atom stereocenters. The minimum absolute atomic E-state index is 1.15. The third kappa shape index (κ3) is 3.82. The Morgan fingerprint density at radius 1 is 0.347 bits per heavy atom. The molecule has 0 bridgehead atoms. The summed E-state index contributed by atoms with van der Waals surface area (Å²) in [5, 5.41) is 10.3. The van der Waals surface area contributed by atoms with Gasteiger partial charge >= 0.3 is 0 Å².